The number of benzene rings is 1. The summed E-state index contributed by atoms with van der Waals surface area (Å²) in [5.41, 5.74) is 7.19. The predicted octanol–water partition coefficient (Wildman–Crippen LogP) is 2.15. The summed E-state index contributed by atoms with van der Waals surface area (Å²) in [6.07, 6.45) is 4.70. The number of carbonyl (C=O) groups is 1. The fourth-order valence-electron chi connectivity index (χ4n) is 3.53. The number of rotatable bonds is 4. The smallest absolute Gasteiger partial charge is 0.220 e. The summed E-state index contributed by atoms with van der Waals surface area (Å²) in [7, 11) is 0. The van der Waals surface area contributed by atoms with Crippen LogP contribution in [-0.4, -0.2) is 24.6 Å². The summed E-state index contributed by atoms with van der Waals surface area (Å²) in [6.45, 7) is 0.702. The zero-order chi connectivity index (χ0) is 14.7. The number of nitrogens with two attached hydrogens (primary N) is 1. The van der Waals surface area contributed by atoms with Crippen LogP contribution >= 0.6 is 0 Å². The number of ether oxygens (including phenoxy) is 1. The molecule has 0 spiro atoms. The Bertz CT molecular complexity index is 477. The Morgan fingerprint density at radius 2 is 2.05 bits per heavy atom. The van der Waals surface area contributed by atoms with Crippen LogP contribution < -0.4 is 11.1 Å². The molecule has 4 atom stereocenters. The molecule has 114 valence electrons. The number of hydrogen-bond donors (Lipinski definition) is 2. The predicted molar refractivity (Wildman–Crippen MR) is 81.6 cm³/mol. The summed E-state index contributed by atoms with van der Waals surface area (Å²) in [4.78, 5) is 12.3. The molecule has 1 saturated heterocycles. The van der Waals surface area contributed by atoms with E-state index >= 15 is 0 Å². The molecule has 1 aromatic carbocycles. The van der Waals surface area contributed by atoms with Crippen molar-refractivity contribution in [3.63, 3.8) is 0 Å². The van der Waals surface area contributed by atoms with Crippen molar-refractivity contribution < 1.29 is 9.53 Å². The van der Waals surface area contributed by atoms with Crippen LogP contribution in [-0.2, 0) is 9.53 Å². The van der Waals surface area contributed by atoms with E-state index in [1.54, 1.807) is 0 Å². The van der Waals surface area contributed by atoms with Gasteiger partial charge in [0.2, 0.25) is 5.91 Å². The number of amides is 1. The quantitative estimate of drug-likeness (QED) is 0.892. The van der Waals surface area contributed by atoms with Gasteiger partial charge in [-0.1, -0.05) is 36.8 Å². The summed E-state index contributed by atoms with van der Waals surface area (Å²) in [5, 5.41) is 3.16. The Hall–Kier alpha value is -1.39. The van der Waals surface area contributed by atoms with E-state index in [9.17, 15) is 4.79 Å². The van der Waals surface area contributed by atoms with Crippen LogP contribution in [0.5, 0.6) is 0 Å². The third-order valence-corrected chi connectivity index (χ3v) is 4.73. The van der Waals surface area contributed by atoms with E-state index in [-0.39, 0.29) is 24.1 Å². The maximum absolute atomic E-state index is 12.3. The summed E-state index contributed by atoms with van der Waals surface area (Å²) in [6, 6.07) is 10.4. The fraction of sp³-hybridized carbons (Fsp3) is 0.588. The third kappa shape index (κ3) is 3.44. The second kappa shape index (κ2) is 6.58. The monoisotopic (exact) mass is 288 g/mol. The molecule has 2 fully saturated rings. The lowest BCUT2D eigenvalue weighted by atomic mass is 9.98. The van der Waals surface area contributed by atoms with Gasteiger partial charge in [-0.15, -0.1) is 0 Å². The molecule has 1 heterocycles. The van der Waals surface area contributed by atoms with Gasteiger partial charge in [-0.05, 0) is 30.7 Å². The summed E-state index contributed by atoms with van der Waals surface area (Å²) >= 11 is 0. The molecule has 3 N–H and O–H groups in total. The highest BCUT2D eigenvalue weighted by Gasteiger charge is 2.32. The Morgan fingerprint density at radius 1 is 1.24 bits per heavy atom. The van der Waals surface area contributed by atoms with Crippen LogP contribution in [0.4, 0.5) is 0 Å². The molecule has 0 bridgehead atoms. The Morgan fingerprint density at radius 3 is 2.76 bits per heavy atom. The van der Waals surface area contributed by atoms with E-state index in [2.05, 4.69) is 17.4 Å². The Balaban J connectivity index is 1.57. The van der Waals surface area contributed by atoms with Gasteiger partial charge in [0.25, 0.3) is 0 Å². The minimum atomic E-state index is -0.0209. The molecule has 1 aliphatic heterocycles. The van der Waals surface area contributed by atoms with Crippen LogP contribution in [0.1, 0.15) is 43.8 Å². The average molecular weight is 288 g/mol. The number of hydrogen-bond acceptors (Lipinski definition) is 3. The van der Waals surface area contributed by atoms with Crippen molar-refractivity contribution in [1.29, 1.82) is 0 Å². The van der Waals surface area contributed by atoms with Crippen molar-refractivity contribution in [2.45, 2.75) is 50.3 Å². The highest BCUT2D eigenvalue weighted by atomic mass is 16.5. The highest BCUT2D eigenvalue weighted by Crippen LogP contribution is 2.30. The first-order valence-electron chi connectivity index (χ1n) is 7.95. The molecule has 1 amide bonds. The number of carbonyl (C=O) groups excluding carboxylic acids is 1. The standard InChI is InChI=1S/C17H24N2O2/c18-14-8-4-7-13(14)11-16(20)19-15-9-10-21-17(15)12-5-2-1-3-6-12/h1-3,5-6,13-15,17H,4,7-11,18H2,(H,19,20)/t13-,14+,15?,17?/m0/s1. The highest BCUT2D eigenvalue weighted by molar-refractivity contribution is 5.76. The van der Waals surface area contributed by atoms with Crippen molar-refractivity contribution >= 4 is 5.91 Å². The minimum Gasteiger partial charge on any atom is -0.371 e. The van der Waals surface area contributed by atoms with Crippen LogP contribution in [0.2, 0.25) is 0 Å². The zero-order valence-corrected chi connectivity index (χ0v) is 12.3. The molecular formula is C17H24N2O2. The fourth-order valence-corrected chi connectivity index (χ4v) is 3.53. The van der Waals surface area contributed by atoms with Crippen LogP contribution in [0.25, 0.3) is 0 Å². The second-order valence-corrected chi connectivity index (χ2v) is 6.22. The largest absolute Gasteiger partial charge is 0.371 e. The first-order chi connectivity index (χ1) is 10.2. The van der Waals surface area contributed by atoms with E-state index in [0.29, 0.717) is 18.9 Å². The first kappa shape index (κ1) is 14.5. The van der Waals surface area contributed by atoms with Gasteiger partial charge in [-0.3, -0.25) is 4.79 Å². The lowest BCUT2D eigenvalue weighted by molar-refractivity contribution is -0.123. The molecule has 2 aliphatic rings. The van der Waals surface area contributed by atoms with Gasteiger partial charge in [0.1, 0.15) is 6.10 Å². The van der Waals surface area contributed by atoms with Gasteiger partial charge in [-0.2, -0.15) is 0 Å². The normalized spacial score (nSPS) is 32.2. The summed E-state index contributed by atoms with van der Waals surface area (Å²) in [5.74, 6) is 0.469. The Labute approximate surface area is 126 Å². The van der Waals surface area contributed by atoms with E-state index in [1.165, 1.54) is 0 Å². The van der Waals surface area contributed by atoms with Crippen molar-refractivity contribution in [1.82, 2.24) is 5.32 Å². The van der Waals surface area contributed by atoms with Crippen molar-refractivity contribution in [2.24, 2.45) is 11.7 Å². The van der Waals surface area contributed by atoms with Crippen molar-refractivity contribution in [3.05, 3.63) is 35.9 Å². The van der Waals surface area contributed by atoms with Crippen LogP contribution in [0, 0.1) is 5.92 Å². The third-order valence-electron chi connectivity index (χ3n) is 4.73. The average Bonchev–Trinajstić information content (AvgIpc) is 3.10. The van der Waals surface area contributed by atoms with Crippen molar-refractivity contribution in [3.8, 4) is 0 Å². The zero-order valence-electron chi connectivity index (χ0n) is 12.3. The lowest BCUT2D eigenvalue weighted by Crippen LogP contribution is -2.39. The summed E-state index contributed by atoms with van der Waals surface area (Å²) < 4.78 is 5.80. The van der Waals surface area contributed by atoms with Gasteiger partial charge < -0.3 is 15.8 Å². The van der Waals surface area contributed by atoms with Gasteiger partial charge >= 0.3 is 0 Å². The molecular weight excluding hydrogens is 264 g/mol. The molecule has 4 nitrogen and oxygen atoms in total. The SMILES string of the molecule is N[C@@H]1CCC[C@H]1CC(=O)NC1CCOC1c1ccccc1. The van der Waals surface area contributed by atoms with E-state index < -0.39 is 0 Å². The molecule has 21 heavy (non-hydrogen) atoms. The van der Waals surface area contributed by atoms with Gasteiger partial charge in [0.15, 0.2) is 0 Å². The maximum Gasteiger partial charge on any atom is 0.220 e. The molecule has 1 aromatic rings. The van der Waals surface area contributed by atoms with E-state index in [0.717, 1.165) is 31.2 Å². The Kier molecular flexibility index (Phi) is 4.56. The lowest BCUT2D eigenvalue weighted by Gasteiger charge is -2.22. The molecule has 4 heteroatoms. The van der Waals surface area contributed by atoms with Gasteiger partial charge in [-0.25, -0.2) is 0 Å². The van der Waals surface area contributed by atoms with E-state index in [1.807, 2.05) is 18.2 Å². The first-order valence-corrected chi connectivity index (χ1v) is 7.95. The van der Waals surface area contributed by atoms with E-state index in [4.69, 9.17) is 10.5 Å². The van der Waals surface area contributed by atoms with Gasteiger partial charge in [0, 0.05) is 19.1 Å². The maximum atomic E-state index is 12.3. The molecule has 3 rings (SSSR count). The second-order valence-electron chi connectivity index (χ2n) is 6.22. The number of nitrogens with one attached hydrogen (secondary N) is 1. The minimum absolute atomic E-state index is 0.0209. The topological polar surface area (TPSA) is 64.4 Å². The molecule has 2 unspecified atom stereocenters. The molecule has 0 radical (unpaired) electrons. The molecule has 0 aromatic heterocycles. The molecule has 1 aliphatic carbocycles. The van der Waals surface area contributed by atoms with Crippen LogP contribution in [0.3, 0.4) is 0 Å². The van der Waals surface area contributed by atoms with Crippen molar-refractivity contribution in [2.75, 3.05) is 6.61 Å². The molecule has 1 saturated carbocycles. The van der Waals surface area contributed by atoms with Crippen LogP contribution in [0.15, 0.2) is 30.3 Å². The van der Waals surface area contributed by atoms with Gasteiger partial charge in [0.05, 0.1) is 6.04 Å².